The van der Waals surface area contributed by atoms with E-state index < -0.39 is 0 Å². The van der Waals surface area contributed by atoms with Gasteiger partial charge in [0.25, 0.3) is 0 Å². The Morgan fingerprint density at radius 1 is 1.26 bits per heavy atom. The lowest BCUT2D eigenvalue weighted by Crippen LogP contribution is -2.24. The lowest BCUT2D eigenvalue weighted by molar-refractivity contribution is 0.248. The topological polar surface area (TPSA) is 70.1 Å². The SMILES string of the molecule is CCNc1ncnc(NCC(C)(C)CCCO)c1Br. The second-order valence-corrected chi connectivity index (χ2v) is 6.05. The number of anilines is 2. The highest BCUT2D eigenvalue weighted by Crippen LogP contribution is 2.28. The van der Waals surface area contributed by atoms with Crippen LogP contribution in [0.5, 0.6) is 0 Å². The van der Waals surface area contributed by atoms with E-state index in [0.717, 1.165) is 42.0 Å². The zero-order chi connectivity index (χ0) is 14.3. The first-order chi connectivity index (χ1) is 9.00. The Balaban J connectivity index is 2.64. The average Bonchev–Trinajstić information content (AvgIpc) is 2.38. The molecule has 19 heavy (non-hydrogen) atoms. The second-order valence-electron chi connectivity index (χ2n) is 5.26. The van der Waals surface area contributed by atoms with Crippen molar-refractivity contribution in [2.75, 3.05) is 30.3 Å². The summed E-state index contributed by atoms with van der Waals surface area (Å²) in [7, 11) is 0. The van der Waals surface area contributed by atoms with Crippen LogP contribution in [-0.4, -0.2) is 34.8 Å². The number of aliphatic hydroxyl groups is 1. The Hall–Kier alpha value is -0.880. The van der Waals surface area contributed by atoms with Crippen LogP contribution in [0, 0.1) is 5.41 Å². The molecule has 0 radical (unpaired) electrons. The molecule has 0 bridgehead atoms. The van der Waals surface area contributed by atoms with Gasteiger partial charge in [0, 0.05) is 19.7 Å². The van der Waals surface area contributed by atoms with Gasteiger partial charge in [0.15, 0.2) is 0 Å². The van der Waals surface area contributed by atoms with Gasteiger partial charge >= 0.3 is 0 Å². The van der Waals surface area contributed by atoms with Crippen molar-refractivity contribution in [3.8, 4) is 0 Å². The van der Waals surface area contributed by atoms with Crippen molar-refractivity contribution in [1.29, 1.82) is 0 Å². The Bertz CT molecular complexity index is 398. The summed E-state index contributed by atoms with van der Waals surface area (Å²) in [6, 6.07) is 0. The standard InChI is InChI=1S/C13H23BrN4O/c1-4-15-11-10(14)12(18-9-17-11)16-8-13(2,3)6-5-7-19/h9,19H,4-8H2,1-3H3,(H2,15,16,17,18). The molecule has 0 spiro atoms. The molecule has 108 valence electrons. The number of hydrogen-bond acceptors (Lipinski definition) is 5. The molecule has 1 aromatic heterocycles. The van der Waals surface area contributed by atoms with Crippen molar-refractivity contribution in [3.05, 3.63) is 10.8 Å². The molecule has 0 atom stereocenters. The summed E-state index contributed by atoms with van der Waals surface area (Å²) in [5.41, 5.74) is 0.117. The highest BCUT2D eigenvalue weighted by Gasteiger charge is 2.18. The van der Waals surface area contributed by atoms with E-state index in [1.165, 1.54) is 0 Å². The minimum absolute atomic E-state index is 0.117. The van der Waals surface area contributed by atoms with Gasteiger partial charge in [-0.3, -0.25) is 0 Å². The molecule has 0 fully saturated rings. The number of nitrogens with zero attached hydrogens (tertiary/aromatic N) is 2. The van der Waals surface area contributed by atoms with Crippen LogP contribution in [0.1, 0.15) is 33.6 Å². The van der Waals surface area contributed by atoms with Crippen molar-refractivity contribution in [1.82, 2.24) is 9.97 Å². The molecule has 5 nitrogen and oxygen atoms in total. The van der Waals surface area contributed by atoms with E-state index in [4.69, 9.17) is 5.11 Å². The molecule has 0 aliphatic heterocycles. The molecule has 1 rings (SSSR count). The summed E-state index contributed by atoms with van der Waals surface area (Å²) in [6.45, 7) is 8.24. The van der Waals surface area contributed by atoms with Gasteiger partial charge in [-0.05, 0) is 41.1 Å². The van der Waals surface area contributed by atoms with Crippen LogP contribution in [0.4, 0.5) is 11.6 Å². The van der Waals surface area contributed by atoms with Gasteiger partial charge in [-0.25, -0.2) is 9.97 Å². The van der Waals surface area contributed by atoms with E-state index in [1.54, 1.807) is 6.33 Å². The molecule has 0 unspecified atom stereocenters. The van der Waals surface area contributed by atoms with Gasteiger partial charge in [0.05, 0.1) is 0 Å². The Kier molecular flexibility index (Phi) is 6.51. The molecule has 0 amide bonds. The zero-order valence-corrected chi connectivity index (χ0v) is 13.4. The van der Waals surface area contributed by atoms with Crippen LogP contribution in [-0.2, 0) is 0 Å². The third-order valence-electron chi connectivity index (χ3n) is 2.88. The van der Waals surface area contributed by atoms with E-state index >= 15 is 0 Å². The lowest BCUT2D eigenvalue weighted by Gasteiger charge is -2.25. The van der Waals surface area contributed by atoms with Gasteiger partial charge in [-0.2, -0.15) is 0 Å². The zero-order valence-electron chi connectivity index (χ0n) is 11.8. The summed E-state index contributed by atoms with van der Waals surface area (Å²) >= 11 is 3.51. The molecule has 0 aromatic carbocycles. The Morgan fingerprint density at radius 3 is 2.47 bits per heavy atom. The van der Waals surface area contributed by atoms with Crippen LogP contribution in [0.15, 0.2) is 10.8 Å². The first kappa shape index (κ1) is 16.2. The molecule has 0 saturated heterocycles. The molecule has 0 aliphatic carbocycles. The van der Waals surface area contributed by atoms with E-state index in [-0.39, 0.29) is 12.0 Å². The smallest absolute Gasteiger partial charge is 0.145 e. The number of halogens is 1. The van der Waals surface area contributed by atoms with Crippen molar-refractivity contribution in [3.63, 3.8) is 0 Å². The molecular formula is C13H23BrN4O. The molecule has 1 heterocycles. The number of aromatic nitrogens is 2. The first-order valence-corrected chi connectivity index (χ1v) is 7.38. The maximum atomic E-state index is 8.90. The number of nitrogens with one attached hydrogen (secondary N) is 2. The highest BCUT2D eigenvalue weighted by molar-refractivity contribution is 9.10. The fourth-order valence-corrected chi connectivity index (χ4v) is 2.24. The number of aliphatic hydroxyl groups excluding tert-OH is 1. The third-order valence-corrected chi connectivity index (χ3v) is 3.63. The molecule has 1 aromatic rings. The monoisotopic (exact) mass is 330 g/mol. The number of hydrogen-bond donors (Lipinski definition) is 3. The summed E-state index contributed by atoms with van der Waals surface area (Å²) in [5.74, 6) is 1.59. The lowest BCUT2D eigenvalue weighted by atomic mass is 9.88. The summed E-state index contributed by atoms with van der Waals surface area (Å²) in [4.78, 5) is 8.43. The normalized spacial score (nSPS) is 11.4. The van der Waals surface area contributed by atoms with Crippen LogP contribution < -0.4 is 10.6 Å². The summed E-state index contributed by atoms with van der Waals surface area (Å²) in [6.07, 6.45) is 3.34. The van der Waals surface area contributed by atoms with E-state index in [2.05, 4.69) is 50.4 Å². The average molecular weight is 331 g/mol. The minimum atomic E-state index is 0.117. The van der Waals surface area contributed by atoms with E-state index in [0.29, 0.717) is 0 Å². The molecule has 6 heteroatoms. The molecule has 3 N–H and O–H groups in total. The van der Waals surface area contributed by atoms with Crippen molar-refractivity contribution in [2.24, 2.45) is 5.41 Å². The Labute approximate surface area is 123 Å². The van der Waals surface area contributed by atoms with Crippen LogP contribution in [0.3, 0.4) is 0 Å². The maximum absolute atomic E-state index is 8.90. The predicted octanol–water partition coefficient (Wildman–Crippen LogP) is 2.88. The third kappa shape index (κ3) is 5.32. The van der Waals surface area contributed by atoms with E-state index in [9.17, 15) is 0 Å². The summed E-state index contributed by atoms with van der Waals surface area (Å²) < 4.78 is 0.856. The largest absolute Gasteiger partial charge is 0.396 e. The van der Waals surface area contributed by atoms with Crippen LogP contribution in [0.25, 0.3) is 0 Å². The first-order valence-electron chi connectivity index (χ1n) is 6.59. The van der Waals surface area contributed by atoms with Gasteiger partial charge in [-0.1, -0.05) is 13.8 Å². The Morgan fingerprint density at radius 2 is 1.89 bits per heavy atom. The van der Waals surface area contributed by atoms with Crippen LogP contribution in [0.2, 0.25) is 0 Å². The van der Waals surface area contributed by atoms with Gasteiger partial charge in [0.1, 0.15) is 22.4 Å². The predicted molar refractivity (Wildman–Crippen MR) is 82.5 cm³/mol. The second kappa shape index (κ2) is 7.65. The number of rotatable bonds is 8. The van der Waals surface area contributed by atoms with Crippen molar-refractivity contribution >= 4 is 27.6 Å². The fourth-order valence-electron chi connectivity index (χ4n) is 1.75. The van der Waals surface area contributed by atoms with Crippen LogP contribution >= 0.6 is 15.9 Å². The molecular weight excluding hydrogens is 308 g/mol. The van der Waals surface area contributed by atoms with Gasteiger partial charge < -0.3 is 15.7 Å². The van der Waals surface area contributed by atoms with Crippen molar-refractivity contribution in [2.45, 2.75) is 33.6 Å². The van der Waals surface area contributed by atoms with Gasteiger partial charge in [0.2, 0.25) is 0 Å². The quantitative estimate of drug-likeness (QED) is 0.683. The highest BCUT2D eigenvalue weighted by atomic mass is 79.9. The molecule has 0 aliphatic rings. The summed E-state index contributed by atoms with van der Waals surface area (Å²) in [5, 5.41) is 15.4. The van der Waals surface area contributed by atoms with E-state index in [1.807, 2.05) is 6.92 Å². The maximum Gasteiger partial charge on any atom is 0.145 e. The molecule has 0 saturated carbocycles. The fraction of sp³-hybridized carbons (Fsp3) is 0.692. The van der Waals surface area contributed by atoms with Crippen molar-refractivity contribution < 1.29 is 5.11 Å². The minimum Gasteiger partial charge on any atom is -0.396 e. The van der Waals surface area contributed by atoms with Gasteiger partial charge in [-0.15, -0.1) is 0 Å².